The van der Waals surface area contributed by atoms with Crippen molar-refractivity contribution in [2.45, 2.75) is 31.1 Å². The van der Waals surface area contributed by atoms with Gasteiger partial charge >= 0.3 is 0 Å². The molecule has 1 aliphatic carbocycles. The van der Waals surface area contributed by atoms with Crippen molar-refractivity contribution >= 4 is 35.1 Å². The van der Waals surface area contributed by atoms with Crippen molar-refractivity contribution in [3.63, 3.8) is 0 Å². The van der Waals surface area contributed by atoms with Crippen LogP contribution in [0.2, 0.25) is 5.02 Å². The van der Waals surface area contributed by atoms with Gasteiger partial charge in [0, 0.05) is 41.6 Å². The monoisotopic (exact) mass is 323 g/mol. The smallest absolute Gasteiger partial charge is 0.226 e. The maximum absolute atomic E-state index is 12.8. The van der Waals surface area contributed by atoms with E-state index >= 15 is 0 Å². The number of carbonyl (C=O) groups excluding carboxylic acids is 2. The van der Waals surface area contributed by atoms with Crippen molar-refractivity contribution in [2.75, 3.05) is 12.3 Å². The second-order valence-electron chi connectivity index (χ2n) is 5.59. The van der Waals surface area contributed by atoms with Gasteiger partial charge < -0.3 is 4.90 Å². The third kappa shape index (κ3) is 3.11. The van der Waals surface area contributed by atoms with Gasteiger partial charge in [-0.15, -0.1) is 11.8 Å². The average Bonchev–Trinajstić information content (AvgIpc) is 2.97. The van der Waals surface area contributed by atoms with Gasteiger partial charge in [0.25, 0.3) is 0 Å². The summed E-state index contributed by atoms with van der Waals surface area (Å²) in [6.07, 6.45) is 2.50. The van der Waals surface area contributed by atoms with E-state index < -0.39 is 0 Å². The fourth-order valence-electron chi connectivity index (χ4n) is 3.05. The lowest BCUT2D eigenvalue weighted by Crippen LogP contribution is -2.37. The largest absolute Gasteiger partial charge is 0.325 e. The molecule has 21 heavy (non-hydrogen) atoms. The molecule has 1 saturated heterocycles. The Hall–Kier alpha value is -1.00. The fraction of sp³-hybridized carbons (Fsp3) is 0.500. The number of rotatable bonds is 2. The highest BCUT2D eigenvalue weighted by Gasteiger charge is 2.36. The van der Waals surface area contributed by atoms with E-state index in [0.29, 0.717) is 30.7 Å². The van der Waals surface area contributed by atoms with Gasteiger partial charge in [0.05, 0.1) is 0 Å². The molecule has 1 aromatic rings. The Bertz CT molecular complexity index is 553. The predicted octanol–water partition coefficient (Wildman–Crippen LogP) is 3.67. The highest BCUT2D eigenvalue weighted by Crippen LogP contribution is 2.42. The number of hydrogen-bond acceptors (Lipinski definition) is 3. The quantitative estimate of drug-likeness (QED) is 0.833. The van der Waals surface area contributed by atoms with Crippen LogP contribution >= 0.6 is 23.4 Å². The molecule has 1 aromatic carbocycles. The standard InChI is InChI=1S/C16H18ClNO2S/c17-14-4-2-1-3-13(14)16-18(9-10-21-16)15(20)11-5-7-12(19)8-6-11/h1-4,11,16H,5-10H2. The summed E-state index contributed by atoms with van der Waals surface area (Å²) >= 11 is 8.05. The fourth-order valence-corrected chi connectivity index (χ4v) is 4.65. The second-order valence-corrected chi connectivity index (χ2v) is 7.18. The van der Waals surface area contributed by atoms with Crippen LogP contribution in [0.5, 0.6) is 0 Å². The molecule has 112 valence electrons. The topological polar surface area (TPSA) is 37.4 Å². The molecule has 1 unspecified atom stereocenters. The summed E-state index contributed by atoms with van der Waals surface area (Å²) in [6.45, 7) is 0.768. The molecule has 0 N–H and O–H groups in total. The lowest BCUT2D eigenvalue weighted by molar-refractivity contribution is -0.137. The average molecular weight is 324 g/mol. The molecular weight excluding hydrogens is 306 g/mol. The Balaban J connectivity index is 1.76. The van der Waals surface area contributed by atoms with Gasteiger partial charge in [-0.2, -0.15) is 0 Å². The van der Waals surface area contributed by atoms with E-state index in [1.165, 1.54) is 0 Å². The molecule has 1 atom stereocenters. The number of nitrogens with zero attached hydrogens (tertiary/aromatic N) is 1. The third-order valence-electron chi connectivity index (χ3n) is 4.24. The minimum absolute atomic E-state index is 0.00591. The molecule has 5 heteroatoms. The predicted molar refractivity (Wildman–Crippen MR) is 85.3 cm³/mol. The van der Waals surface area contributed by atoms with Crippen LogP contribution < -0.4 is 0 Å². The maximum Gasteiger partial charge on any atom is 0.226 e. The van der Waals surface area contributed by atoms with E-state index in [1.54, 1.807) is 11.8 Å². The molecule has 0 spiro atoms. The number of thioether (sulfide) groups is 1. The van der Waals surface area contributed by atoms with Crippen LogP contribution in [0.1, 0.15) is 36.6 Å². The zero-order chi connectivity index (χ0) is 14.8. The van der Waals surface area contributed by atoms with Crippen molar-refractivity contribution in [3.05, 3.63) is 34.9 Å². The minimum Gasteiger partial charge on any atom is -0.325 e. The van der Waals surface area contributed by atoms with Crippen molar-refractivity contribution < 1.29 is 9.59 Å². The number of halogens is 1. The van der Waals surface area contributed by atoms with Gasteiger partial charge in [0.15, 0.2) is 0 Å². The number of benzene rings is 1. The summed E-state index contributed by atoms with van der Waals surface area (Å²) in [5.41, 5.74) is 1.02. The molecule has 2 fully saturated rings. The third-order valence-corrected chi connectivity index (χ3v) is 5.82. The molecular formula is C16H18ClNO2S. The van der Waals surface area contributed by atoms with Crippen molar-refractivity contribution in [1.82, 2.24) is 4.90 Å². The lowest BCUT2D eigenvalue weighted by atomic mass is 9.87. The Morgan fingerprint density at radius 3 is 2.67 bits per heavy atom. The van der Waals surface area contributed by atoms with Crippen LogP contribution in [-0.4, -0.2) is 28.9 Å². The molecule has 2 aliphatic rings. The van der Waals surface area contributed by atoms with Crippen LogP contribution in [0.25, 0.3) is 0 Å². The minimum atomic E-state index is 0.00591. The van der Waals surface area contributed by atoms with Gasteiger partial charge in [-0.05, 0) is 18.9 Å². The molecule has 1 amide bonds. The van der Waals surface area contributed by atoms with Gasteiger partial charge in [0.1, 0.15) is 11.2 Å². The van der Waals surface area contributed by atoms with E-state index in [2.05, 4.69) is 0 Å². The van der Waals surface area contributed by atoms with Crippen LogP contribution in [-0.2, 0) is 9.59 Å². The first-order valence-corrected chi connectivity index (χ1v) is 8.77. The second kappa shape index (κ2) is 6.41. The van der Waals surface area contributed by atoms with E-state index in [-0.39, 0.29) is 23.0 Å². The molecule has 3 rings (SSSR count). The Morgan fingerprint density at radius 2 is 1.95 bits per heavy atom. The highest BCUT2D eigenvalue weighted by molar-refractivity contribution is 7.99. The van der Waals surface area contributed by atoms with Gasteiger partial charge in [0.2, 0.25) is 5.91 Å². The Labute approximate surface area is 134 Å². The summed E-state index contributed by atoms with van der Waals surface area (Å²) in [4.78, 5) is 26.0. The summed E-state index contributed by atoms with van der Waals surface area (Å²) < 4.78 is 0. The van der Waals surface area contributed by atoms with Crippen molar-refractivity contribution in [1.29, 1.82) is 0 Å². The van der Waals surface area contributed by atoms with Crippen LogP contribution in [0.4, 0.5) is 0 Å². The van der Waals surface area contributed by atoms with Gasteiger partial charge in [-0.1, -0.05) is 29.8 Å². The van der Waals surface area contributed by atoms with Crippen LogP contribution in [0, 0.1) is 5.92 Å². The zero-order valence-corrected chi connectivity index (χ0v) is 13.3. The lowest BCUT2D eigenvalue weighted by Gasteiger charge is -2.30. The summed E-state index contributed by atoms with van der Waals surface area (Å²) in [5.74, 6) is 1.43. The number of hydrogen-bond donors (Lipinski definition) is 0. The van der Waals surface area contributed by atoms with E-state index in [1.807, 2.05) is 29.2 Å². The van der Waals surface area contributed by atoms with Crippen LogP contribution in [0.3, 0.4) is 0 Å². The summed E-state index contributed by atoms with van der Waals surface area (Å²) in [7, 11) is 0. The summed E-state index contributed by atoms with van der Waals surface area (Å²) in [6, 6.07) is 7.74. The first kappa shape index (κ1) is 14.9. The maximum atomic E-state index is 12.8. The van der Waals surface area contributed by atoms with E-state index in [0.717, 1.165) is 17.9 Å². The first-order chi connectivity index (χ1) is 10.2. The number of ketones is 1. The Morgan fingerprint density at radius 1 is 1.24 bits per heavy atom. The number of amides is 1. The highest BCUT2D eigenvalue weighted by atomic mass is 35.5. The van der Waals surface area contributed by atoms with Gasteiger partial charge in [-0.25, -0.2) is 0 Å². The van der Waals surface area contributed by atoms with Crippen molar-refractivity contribution in [2.24, 2.45) is 5.92 Å². The molecule has 0 radical (unpaired) electrons. The molecule has 3 nitrogen and oxygen atoms in total. The molecule has 0 bridgehead atoms. The SMILES string of the molecule is O=C1CCC(C(=O)N2CCSC2c2ccccc2Cl)CC1. The zero-order valence-electron chi connectivity index (χ0n) is 11.8. The molecule has 1 heterocycles. The Kier molecular flexibility index (Phi) is 4.55. The van der Waals surface area contributed by atoms with Gasteiger partial charge in [-0.3, -0.25) is 9.59 Å². The van der Waals surface area contributed by atoms with E-state index in [4.69, 9.17) is 11.6 Å². The molecule has 1 saturated carbocycles. The van der Waals surface area contributed by atoms with E-state index in [9.17, 15) is 9.59 Å². The molecule has 1 aliphatic heterocycles. The van der Waals surface area contributed by atoms with Crippen molar-refractivity contribution in [3.8, 4) is 0 Å². The summed E-state index contributed by atoms with van der Waals surface area (Å²) in [5, 5.41) is 0.734. The first-order valence-electron chi connectivity index (χ1n) is 7.35. The normalized spacial score (nSPS) is 23.6. The van der Waals surface area contributed by atoms with Crippen LogP contribution in [0.15, 0.2) is 24.3 Å². The number of carbonyl (C=O) groups is 2. The molecule has 0 aromatic heterocycles. The number of Topliss-reactive ketones (excluding diaryl/α,β-unsaturated/α-hetero) is 1.